The van der Waals surface area contributed by atoms with Gasteiger partial charge in [-0.2, -0.15) is 5.11 Å². The van der Waals surface area contributed by atoms with Gasteiger partial charge >= 0.3 is 0 Å². The van der Waals surface area contributed by atoms with Crippen LogP contribution in [0.5, 0.6) is 11.5 Å². The van der Waals surface area contributed by atoms with Crippen molar-refractivity contribution >= 4 is 43.2 Å². The van der Waals surface area contributed by atoms with Crippen LogP contribution >= 0.6 is 31.9 Å². The monoisotopic (exact) mass is 398 g/mol. The molecule has 0 spiro atoms. The standard InChI is InChI=1S/C14H12Br2N2O2/c1-2-20-11-5-3-10(4-6-11)17-18-13-8-9(15)7-12(16)14(13)19/h3-8,19H,2H2,1H3. The predicted octanol–water partition coefficient (Wildman–Crippen LogP) is 5.73. The third kappa shape index (κ3) is 3.80. The first-order valence-electron chi connectivity index (χ1n) is 5.92. The van der Waals surface area contributed by atoms with E-state index in [1.807, 2.05) is 19.1 Å². The Morgan fingerprint density at radius 2 is 1.80 bits per heavy atom. The zero-order valence-electron chi connectivity index (χ0n) is 10.7. The number of phenolic OH excluding ortho intramolecular Hbond substituents is 1. The average molecular weight is 400 g/mol. The van der Waals surface area contributed by atoms with Crippen molar-refractivity contribution < 1.29 is 9.84 Å². The Bertz CT molecular complexity index is 628. The van der Waals surface area contributed by atoms with E-state index in [2.05, 4.69) is 42.1 Å². The van der Waals surface area contributed by atoms with Gasteiger partial charge in [0.1, 0.15) is 11.4 Å². The molecule has 4 nitrogen and oxygen atoms in total. The highest BCUT2D eigenvalue weighted by atomic mass is 79.9. The second-order valence-corrected chi connectivity index (χ2v) is 5.65. The van der Waals surface area contributed by atoms with Crippen molar-refractivity contribution in [3.63, 3.8) is 0 Å². The van der Waals surface area contributed by atoms with Gasteiger partial charge in [-0.25, -0.2) is 0 Å². The van der Waals surface area contributed by atoms with Crippen molar-refractivity contribution in [2.24, 2.45) is 10.2 Å². The number of benzene rings is 2. The van der Waals surface area contributed by atoms with Gasteiger partial charge in [0.25, 0.3) is 0 Å². The smallest absolute Gasteiger partial charge is 0.157 e. The van der Waals surface area contributed by atoms with Crippen molar-refractivity contribution in [2.75, 3.05) is 6.61 Å². The number of azo groups is 1. The Morgan fingerprint density at radius 1 is 1.10 bits per heavy atom. The van der Waals surface area contributed by atoms with E-state index >= 15 is 0 Å². The van der Waals surface area contributed by atoms with E-state index in [0.717, 1.165) is 10.2 Å². The van der Waals surface area contributed by atoms with Crippen molar-refractivity contribution in [3.8, 4) is 11.5 Å². The van der Waals surface area contributed by atoms with Crippen LogP contribution in [-0.4, -0.2) is 11.7 Å². The van der Waals surface area contributed by atoms with E-state index in [1.165, 1.54) is 0 Å². The largest absolute Gasteiger partial charge is 0.505 e. The molecule has 0 bridgehead atoms. The molecule has 2 aromatic rings. The van der Waals surface area contributed by atoms with Crippen LogP contribution in [0.3, 0.4) is 0 Å². The van der Waals surface area contributed by atoms with Crippen LogP contribution < -0.4 is 4.74 Å². The summed E-state index contributed by atoms with van der Waals surface area (Å²) in [6, 6.07) is 10.7. The van der Waals surface area contributed by atoms with Crippen molar-refractivity contribution in [1.82, 2.24) is 0 Å². The molecular formula is C14H12Br2N2O2. The number of halogens is 2. The van der Waals surface area contributed by atoms with Crippen LogP contribution in [0.25, 0.3) is 0 Å². The van der Waals surface area contributed by atoms with Crippen LogP contribution in [0.4, 0.5) is 11.4 Å². The highest BCUT2D eigenvalue weighted by molar-refractivity contribution is 9.11. The summed E-state index contributed by atoms with van der Waals surface area (Å²) in [4.78, 5) is 0. The van der Waals surface area contributed by atoms with E-state index < -0.39 is 0 Å². The molecule has 0 aliphatic rings. The molecule has 0 heterocycles. The lowest BCUT2D eigenvalue weighted by atomic mass is 10.3. The molecule has 0 saturated heterocycles. The molecular weight excluding hydrogens is 388 g/mol. The number of hydrogen-bond donors (Lipinski definition) is 1. The summed E-state index contributed by atoms with van der Waals surface area (Å²) in [5.41, 5.74) is 1.07. The van der Waals surface area contributed by atoms with Crippen LogP contribution in [0, 0.1) is 0 Å². The molecule has 6 heteroatoms. The maximum Gasteiger partial charge on any atom is 0.157 e. The normalized spacial score (nSPS) is 10.9. The fraction of sp³-hybridized carbons (Fsp3) is 0.143. The molecule has 1 N–H and O–H groups in total. The highest BCUT2D eigenvalue weighted by Crippen LogP contribution is 2.38. The van der Waals surface area contributed by atoms with Gasteiger partial charge in [0, 0.05) is 4.47 Å². The number of ether oxygens (including phenoxy) is 1. The van der Waals surface area contributed by atoms with Crippen molar-refractivity contribution in [3.05, 3.63) is 45.3 Å². The van der Waals surface area contributed by atoms with Crippen LogP contribution in [0.1, 0.15) is 6.92 Å². The maximum atomic E-state index is 9.87. The van der Waals surface area contributed by atoms with E-state index in [4.69, 9.17) is 4.74 Å². The molecule has 20 heavy (non-hydrogen) atoms. The lowest BCUT2D eigenvalue weighted by molar-refractivity contribution is 0.340. The third-order valence-corrected chi connectivity index (χ3v) is 3.49. The number of phenols is 1. The summed E-state index contributed by atoms with van der Waals surface area (Å²) >= 11 is 6.59. The summed E-state index contributed by atoms with van der Waals surface area (Å²) in [6.45, 7) is 2.56. The molecule has 0 atom stereocenters. The minimum Gasteiger partial charge on any atom is -0.505 e. The first kappa shape index (κ1) is 15.0. The van der Waals surface area contributed by atoms with Gasteiger partial charge in [-0.1, -0.05) is 15.9 Å². The van der Waals surface area contributed by atoms with E-state index in [1.54, 1.807) is 24.3 Å². The lowest BCUT2D eigenvalue weighted by Crippen LogP contribution is -1.89. The number of rotatable bonds is 4. The molecule has 0 radical (unpaired) electrons. The Balaban J connectivity index is 2.21. The summed E-state index contributed by atoms with van der Waals surface area (Å²) < 4.78 is 6.72. The zero-order valence-corrected chi connectivity index (χ0v) is 13.8. The number of hydrogen-bond acceptors (Lipinski definition) is 4. The van der Waals surface area contributed by atoms with E-state index in [0.29, 0.717) is 22.5 Å². The number of nitrogens with zero attached hydrogens (tertiary/aromatic N) is 2. The van der Waals surface area contributed by atoms with E-state index in [-0.39, 0.29) is 5.75 Å². The first-order chi connectivity index (χ1) is 9.60. The van der Waals surface area contributed by atoms with Gasteiger partial charge in [0.2, 0.25) is 0 Å². The van der Waals surface area contributed by atoms with Gasteiger partial charge in [-0.3, -0.25) is 0 Å². The SMILES string of the molecule is CCOc1ccc(N=Nc2cc(Br)cc(Br)c2O)cc1. The van der Waals surface area contributed by atoms with Gasteiger partial charge in [-0.05, 0) is 59.3 Å². The topological polar surface area (TPSA) is 54.2 Å². The van der Waals surface area contributed by atoms with Crippen LogP contribution in [-0.2, 0) is 0 Å². The Morgan fingerprint density at radius 3 is 2.45 bits per heavy atom. The lowest BCUT2D eigenvalue weighted by Gasteiger charge is -2.03. The van der Waals surface area contributed by atoms with Gasteiger partial charge in [0.15, 0.2) is 5.75 Å². The van der Waals surface area contributed by atoms with Crippen molar-refractivity contribution in [1.29, 1.82) is 0 Å². The second-order valence-electron chi connectivity index (χ2n) is 3.88. The minimum absolute atomic E-state index is 0.0582. The van der Waals surface area contributed by atoms with Gasteiger partial charge in [-0.15, -0.1) is 5.11 Å². The van der Waals surface area contributed by atoms with Gasteiger partial charge in [0.05, 0.1) is 16.8 Å². The van der Waals surface area contributed by atoms with Crippen molar-refractivity contribution in [2.45, 2.75) is 6.92 Å². The predicted molar refractivity (Wildman–Crippen MR) is 85.3 cm³/mol. The Kier molecular flexibility index (Phi) is 5.14. The second kappa shape index (κ2) is 6.85. The van der Waals surface area contributed by atoms with Crippen LogP contribution in [0.15, 0.2) is 55.6 Å². The first-order valence-corrected chi connectivity index (χ1v) is 7.51. The highest BCUT2D eigenvalue weighted by Gasteiger charge is 2.06. The molecule has 104 valence electrons. The van der Waals surface area contributed by atoms with Crippen LogP contribution in [0.2, 0.25) is 0 Å². The summed E-state index contributed by atoms with van der Waals surface area (Å²) in [7, 11) is 0. The fourth-order valence-corrected chi connectivity index (χ4v) is 2.72. The molecule has 0 aromatic heterocycles. The summed E-state index contributed by atoms with van der Waals surface area (Å²) in [6.07, 6.45) is 0. The molecule has 2 rings (SSSR count). The molecule has 0 aliphatic carbocycles. The van der Waals surface area contributed by atoms with E-state index in [9.17, 15) is 5.11 Å². The molecule has 0 saturated carbocycles. The third-order valence-electron chi connectivity index (χ3n) is 2.43. The Hall–Kier alpha value is -1.40. The number of aromatic hydroxyl groups is 1. The zero-order chi connectivity index (χ0) is 14.5. The quantitative estimate of drug-likeness (QED) is 0.667. The summed E-state index contributed by atoms with van der Waals surface area (Å²) in [5, 5.41) is 18.0. The molecule has 2 aromatic carbocycles. The molecule has 0 amide bonds. The molecule has 0 aliphatic heterocycles. The van der Waals surface area contributed by atoms with Gasteiger partial charge < -0.3 is 9.84 Å². The average Bonchev–Trinajstić information content (AvgIpc) is 2.43. The minimum atomic E-state index is 0.0582. The summed E-state index contributed by atoms with van der Waals surface area (Å²) in [5.74, 6) is 0.849. The fourth-order valence-electron chi connectivity index (χ4n) is 1.52. The Labute approximate surface area is 133 Å². The molecule has 0 fully saturated rings. The molecule has 0 unspecified atom stereocenters. The maximum absolute atomic E-state index is 9.87.